The van der Waals surface area contributed by atoms with Gasteiger partial charge in [0.2, 0.25) is 5.95 Å². The van der Waals surface area contributed by atoms with Crippen LogP contribution in [0.2, 0.25) is 0 Å². The minimum atomic E-state index is -0.337. The predicted octanol–water partition coefficient (Wildman–Crippen LogP) is 3.08. The second-order valence-electron chi connectivity index (χ2n) is 6.02. The number of piperidine rings is 1. The summed E-state index contributed by atoms with van der Waals surface area (Å²) < 4.78 is 19.1. The number of aromatic nitrogens is 2. The van der Waals surface area contributed by atoms with E-state index in [1.807, 2.05) is 0 Å². The third-order valence-corrected chi connectivity index (χ3v) is 4.22. The maximum absolute atomic E-state index is 14.2. The molecular formula is C19H22FN4O2. The average Bonchev–Trinajstić information content (AvgIpc) is 2.68. The van der Waals surface area contributed by atoms with E-state index in [0.717, 1.165) is 31.6 Å². The molecule has 1 saturated heterocycles. The number of hydrogen-bond donors (Lipinski definition) is 0. The predicted molar refractivity (Wildman–Crippen MR) is 98.6 cm³/mol. The zero-order valence-corrected chi connectivity index (χ0v) is 14.8. The minimum absolute atomic E-state index is 0.337. The Morgan fingerprint density at radius 2 is 1.92 bits per heavy atom. The van der Waals surface area contributed by atoms with Gasteiger partial charge in [0.1, 0.15) is 12.4 Å². The van der Waals surface area contributed by atoms with Crippen molar-refractivity contribution in [1.29, 1.82) is 0 Å². The van der Waals surface area contributed by atoms with E-state index in [0.29, 0.717) is 35.9 Å². The Morgan fingerprint density at radius 3 is 2.62 bits per heavy atom. The Kier molecular flexibility index (Phi) is 6.12. The van der Waals surface area contributed by atoms with Crippen LogP contribution in [0.25, 0.3) is 11.1 Å². The molecule has 3 rings (SSSR count). The lowest BCUT2D eigenvalue weighted by atomic mass is 10.1. The normalized spacial score (nSPS) is 14.4. The zero-order valence-electron chi connectivity index (χ0n) is 14.8. The van der Waals surface area contributed by atoms with Crippen LogP contribution in [0.15, 0.2) is 35.7 Å². The molecule has 1 aromatic carbocycles. The van der Waals surface area contributed by atoms with E-state index in [-0.39, 0.29) is 5.82 Å². The van der Waals surface area contributed by atoms with Crippen molar-refractivity contribution >= 4 is 11.7 Å². The molecule has 0 spiro atoms. The molecule has 1 radical (unpaired) electrons. The average molecular weight is 357 g/mol. The molecular weight excluding hydrogens is 335 g/mol. The summed E-state index contributed by atoms with van der Waals surface area (Å²) in [4.78, 5) is 16.1. The molecule has 1 aliphatic rings. The molecule has 26 heavy (non-hydrogen) atoms. The number of ether oxygens (including phenoxy) is 1. The van der Waals surface area contributed by atoms with Crippen LogP contribution < -0.4 is 4.90 Å². The lowest BCUT2D eigenvalue weighted by molar-refractivity contribution is 0.0743. The van der Waals surface area contributed by atoms with Crippen molar-refractivity contribution in [2.45, 2.75) is 12.8 Å². The van der Waals surface area contributed by atoms with Crippen molar-refractivity contribution in [2.24, 2.45) is 5.16 Å². The molecule has 2 heterocycles. The first-order valence-corrected chi connectivity index (χ1v) is 8.53. The molecule has 0 amide bonds. The van der Waals surface area contributed by atoms with Gasteiger partial charge in [-0.15, -0.1) is 0 Å². The van der Waals surface area contributed by atoms with Gasteiger partial charge in [-0.05, 0) is 12.5 Å². The van der Waals surface area contributed by atoms with E-state index >= 15 is 0 Å². The molecule has 7 heteroatoms. The Labute approximate surface area is 152 Å². The number of benzene rings is 1. The zero-order chi connectivity index (χ0) is 18.4. The van der Waals surface area contributed by atoms with Crippen molar-refractivity contribution in [2.75, 3.05) is 38.3 Å². The fraction of sp³-hybridized carbons (Fsp3) is 0.368. The van der Waals surface area contributed by atoms with Crippen molar-refractivity contribution in [3.05, 3.63) is 48.9 Å². The molecule has 6 nitrogen and oxygen atoms in total. The van der Waals surface area contributed by atoms with Gasteiger partial charge in [0, 0.05) is 56.6 Å². The second-order valence-corrected chi connectivity index (χ2v) is 6.02. The van der Waals surface area contributed by atoms with Gasteiger partial charge in [-0.3, -0.25) is 0 Å². The lowest BCUT2D eigenvalue weighted by Crippen LogP contribution is -2.35. The second kappa shape index (κ2) is 8.71. The summed E-state index contributed by atoms with van der Waals surface area (Å²) in [6.45, 7) is 6.21. The Balaban J connectivity index is 1.61. The van der Waals surface area contributed by atoms with Crippen molar-refractivity contribution in [3.8, 4) is 11.1 Å². The van der Waals surface area contributed by atoms with E-state index < -0.39 is 0 Å². The highest BCUT2D eigenvalue weighted by atomic mass is 19.1. The van der Waals surface area contributed by atoms with Crippen LogP contribution in [0, 0.1) is 12.7 Å². The lowest BCUT2D eigenvalue weighted by Gasteiger charge is -2.27. The molecule has 0 N–H and O–H groups in total. The fourth-order valence-electron chi connectivity index (χ4n) is 2.74. The molecule has 2 aromatic rings. The molecule has 0 aliphatic carbocycles. The van der Waals surface area contributed by atoms with Crippen LogP contribution in [-0.2, 0) is 9.57 Å². The highest BCUT2D eigenvalue weighted by Gasteiger charge is 2.18. The minimum Gasteiger partial charge on any atom is -0.393 e. The maximum Gasteiger partial charge on any atom is 0.225 e. The van der Waals surface area contributed by atoms with Crippen LogP contribution in [0.3, 0.4) is 0 Å². The summed E-state index contributed by atoms with van der Waals surface area (Å²) in [6, 6.07) is 5.12. The Hall–Kier alpha value is -2.54. The van der Waals surface area contributed by atoms with Gasteiger partial charge < -0.3 is 14.5 Å². The summed E-state index contributed by atoms with van der Waals surface area (Å²) in [5.41, 5.74) is 2.50. The molecule has 0 unspecified atom stereocenters. The summed E-state index contributed by atoms with van der Waals surface area (Å²) >= 11 is 0. The summed E-state index contributed by atoms with van der Waals surface area (Å²) in [7, 11) is 1.63. The van der Waals surface area contributed by atoms with Gasteiger partial charge in [-0.1, -0.05) is 23.4 Å². The van der Waals surface area contributed by atoms with Crippen LogP contribution in [0.5, 0.6) is 0 Å². The van der Waals surface area contributed by atoms with Crippen LogP contribution >= 0.6 is 0 Å². The first-order chi connectivity index (χ1) is 12.7. The van der Waals surface area contributed by atoms with Crippen LogP contribution in [0.1, 0.15) is 18.4 Å². The van der Waals surface area contributed by atoms with Crippen LogP contribution in [-0.4, -0.2) is 49.1 Å². The summed E-state index contributed by atoms with van der Waals surface area (Å²) in [5.74, 6) is 0.301. The number of methoxy groups -OCH3 is 1. The molecule has 1 aromatic heterocycles. The topological polar surface area (TPSA) is 59.8 Å². The van der Waals surface area contributed by atoms with Crippen molar-refractivity contribution in [3.63, 3.8) is 0 Å². The van der Waals surface area contributed by atoms with Gasteiger partial charge in [0.05, 0.1) is 12.3 Å². The fourth-order valence-corrected chi connectivity index (χ4v) is 2.74. The molecule has 0 bridgehead atoms. The highest BCUT2D eigenvalue weighted by Crippen LogP contribution is 2.24. The van der Waals surface area contributed by atoms with Gasteiger partial charge in [-0.2, -0.15) is 0 Å². The number of nitrogens with zero attached hydrogens (tertiary/aromatic N) is 4. The van der Waals surface area contributed by atoms with E-state index in [9.17, 15) is 4.39 Å². The first-order valence-electron chi connectivity index (χ1n) is 8.53. The Morgan fingerprint density at radius 1 is 1.19 bits per heavy atom. The van der Waals surface area contributed by atoms with Crippen molar-refractivity contribution < 1.29 is 14.0 Å². The van der Waals surface area contributed by atoms with Crippen molar-refractivity contribution in [1.82, 2.24) is 9.97 Å². The third-order valence-electron chi connectivity index (χ3n) is 4.22. The van der Waals surface area contributed by atoms with Crippen LogP contribution in [0.4, 0.5) is 10.3 Å². The summed E-state index contributed by atoms with van der Waals surface area (Å²) in [5, 5.41) is 4.14. The maximum atomic E-state index is 14.2. The number of hydrogen-bond acceptors (Lipinski definition) is 6. The highest BCUT2D eigenvalue weighted by molar-refractivity contribution is 5.86. The quantitative estimate of drug-likeness (QED) is 0.587. The van der Waals surface area contributed by atoms with Gasteiger partial charge in [0.15, 0.2) is 0 Å². The van der Waals surface area contributed by atoms with Gasteiger partial charge in [-0.25, -0.2) is 14.4 Å². The third kappa shape index (κ3) is 4.35. The SMILES string of the molecule is [CH2]c1cccc(-c2cnc(N3CCC(=NOCCOC)CC3)nc2)c1F. The van der Waals surface area contributed by atoms with Gasteiger partial charge in [0.25, 0.3) is 0 Å². The van der Waals surface area contributed by atoms with E-state index in [4.69, 9.17) is 9.57 Å². The molecule has 0 atom stereocenters. The standard InChI is InChI=1S/C19H22FN4O2/c1-14-4-3-5-17(18(14)20)15-12-21-19(22-13-15)24-8-6-16(7-9-24)23-26-11-10-25-2/h3-5,12-13H,1,6-11H2,2H3. The smallest absolute Gasteiger partial charge is 0.225 e. The first kappa shape index (κ1) is 18.3. The Bertz CT molecular complexity index is 755. The molecule has 137 valence electrons. The number of oxime groups is 1. The summed E-state index contributed by atoms with van der Waals surface area (Å²) in [6.07, 6.45) is 4.90. The number of halogens is 1. The molecule has 0 saturated carbocycles. The molecule has 1 aliphatic heterocycles. The van der Waals surface area contributed by atoms with E-state index in [1.54, 1.807) is 37.7 Å². The molecule has 1 fully saturated rings. The van der Waals surface area contributed by atoms with E-state index in [1.165, 1.54) is 0 Å². The van der Waals surface area contributed by atoms with E-state index in [2.05, 4.69) is 26.9 Å². The number of anilines is 1. The largest absolute Gasteiger partial charge is 0.393 e. The van der Waals surface area contributed by atoms with Gasteiger partial charge >= 0.3 is 0 Å². The monoisotopic (exact) mass is 357 g/mol. The number of rotatable bonds is 6.